The van der Waals surface area contributed by atoms with Crippen LogP contribution in [0.15, 0.2) is 12.7 Å². The average Bonchev–Trinajstić information content (AvgIpc) is 2.02. The molecule has 0 aromatic heterocycles. The van der Waals surface area contributed by atoms with Crippen LogP contribution in [-0.2, 0) is 4.74 Å². The quantitative estimate of drug-likeness (QED) is 0.311. The van der Waals surface area contributed by atoms with Gasteiger partial charge in [-0.2, -0.15) is 5.84 Å². The second-order valence-corrected chi connectivity index (χ2v) is 5.25. The van der Waals surface area contributed by atoms with Gasteiger partial charge in [0.25, 0.3) is 0 Å². The van der Waals surface area contributed by atoms with Gasteiger partial charge in [0, 0.05) is 0 Å². The van der Waals surface area contributed by atoms with Crippen LogP contribution in [-0.4, -0.2) is 70.1 Å². The molecule has 1 aliphatic heterocycles. The van der Waals surface area contributed by atoms with E-state index in [1.165, 1.54) is 13.1 Å². The number of hydrogen-bond acceptors (Lipinski definition) is 2. The van der Waals surface area contributed by atoms with Crippen LogP contribution in [0.3, 0.4) is 0 Å². The Balaban J connectivity index is 0.000000265. The summed E-state index contributed by atoms with van der Waals surface area (Å²) in [5, 5.41) is 0. The lowest BCUT2D eigenvalue weighted by Gasteiger charge is -2.33. The molecule has 90 valence electrons. The Labute approximate surface area is 94.1 Å². The fourth-order valence-corrected chi connectivity index (χ4v) is 1.17. The first-order valence-corrected chi connectivity index (χ1v) is 5.39. The van der Waals surface area contributed by atoms with E-state index in [9.17, 15) is 0 Å². The highest BCUT2D eigenvalue weighted by molar-refractivity contribution is 4.62. The maximum Gasteiger partial charge on any atom is 0.114 e. The van der Waals surface area contributed by atoms with Crippen molar-refractivity contribution in [2.45, 2.75) is 0 Å². The molecule has 0 bridgehead atoms. The van der Waals surface area contributed by atoms with Gasteiger partial charge in [-0.3, -0.25) is 0 Å². The van der Waals surface area contributed by atoms with Crippen molar-refractivity contribution in [3.05, 3.63) is 12.7 Å². The first kappa shape index (κ1) is 14.6. The van der Waals surface area contributed by atoms with E-state index in [1.54, 1.807) is 6.08 Å². The molecule has 2 N–H and O–H groups in total. The van der Waals surface area contributed by atoms with Crippen molar-refractivity contribution in [1.82, 2.24) is 0 Å². The second-order valence-electron chi connectivity index (χ2n) is 5.25. The van der Waals surface area contributed by atoms with E-state index >= 15 is 0 Å². The fourth-order valence-electron chi connectivity index (χ4n) is 1.17. The first-order chi connectivity index (χ1) is 6.77. The largest absolute Gasteiger partial charge is 0.370 e. The Kier molecular flexibility index (Phi) is 6.05. The van der Waals surface area contributed by atoms with Gasteiger partial charge in [-0.25, -0.2) is 4.59 Å². The minimum absolute atomic E-state index is 0.476. The lowest BCUT2D eigenvalue weighted by Crippen LogP contribution is -2.48. The highest BCUT2D eigenvalue weighted by Crippen LogP contribution is 2.01. The SMILES string of the molecule is C=CC[N+](C)(C)N.C[N+]1(C)CCOCC1. The van der Waals surface area contributed by atoms with Crippen LogP contribution in [0, 0.1) is 0 Å². The molecule has 1 aliphatic rings. The summed E-state index contributed by atoms with van der Waals surface area (Å²) in [4.78, 5) is 0. The topological polar surface area (TPSA) is 35.2 Å². The molecular weight excluding hydrogens is 190 g/mol. The number of nitrogens with two attached hydrogens (primary N) is 1. The molecule has 4 heteroatoms. The molecule has 0 unspecified atom stereocenters. The maximum absolute atomic E-state index is 5.51. The summed E-state index contributed by atoms with van der Waals surface area (Å²) >= 11 is 0. The predicted octanol–water partition coefficient (Wildman–Crippen LogP) is 0.216. The highest BCUT2D eigenvalue weighted by atomic mass is 16.5. The lowest BCUT2D eigenvalue weighted by atomic mass is 10.4. The van der Waals surface area contributed by atoms with Crippen LogP contribution in [0.1, 0.15) is 0 Å². The minimum atomic E-state index is 0.476. The third kappa shape index (κ3) is 9.87. The summed E-state index contributed by atoms with van der Waals surface area (Å²) in [5.41, 5.74) is 0. The number of quaternary nitrogens is 2. The van der Waals surface area contributed by atoms with Crippen LogP contribution in [0.4, 0.5) is 0 Å². The number of morpholine rings is 1. The molecule has 0 radical (unpaired) electrons. The summed E-state index contributed by atoms with van der Waals surface area (Å²) in [6.45, 7) is 8.58. The van der Waals surface area contributed by atoms with Crippen molar-refractivity contribution < 1.29 is 13.8 Å². The van der Waals surface area contributed by atoms with E-state index in [2.05, 4.69) is 20.7 Å². The van der Waals surface area contributed by atoms with Crippen molar-refractivity contribution >= 4 is 0 Å². The van der Waals surface area contributed by atoms with Crippen LogP contribution < -0.4 is 5.84 Å². The fraction of sp³-hybridized carbons (Fsp3) is 0.818. The molecule has 0 spiro atoms. The zero-order valence-corrected chi connectivity index (χ0v) is 10.7. The molecule has 1 fully saturated rings. The van der Waals surface area contributed by atoms with Gasteiger partial charge in [0.1, 0.15) is 19.6 Å². The molecule has 15 heavy (non-hydrogen) atoms. The summed E-state index contributed by atoms with van der Waals surface area (Å²) in [6.07, 6.45) is 1.81. The zero-order chi connectivity index (χ0) is 11.9. The Hall–Kier alpha value is -0.420. The molecule has 4 nitrogen and oxygen atoms in total. The average molecular weight is 217 g/mol. The van der Waals surface area contributed by atoms with Crippen molar-refractivity contribution in [2.75, 3.05) is 61.0 Å². The highest BCUT2D eigenvalue weighted by Gasteiger charge is 2.18. The summed E-state index contributed by atoms with van der Waals surface area (Å²) in [5.74, 6) is 5.51. The zero-order valence-electron chi connectivity index (χ0n) is 10.7. The summed E-state index contributed by atoms with van der Waals surface area (Å²) < 4.78 is 6.79. The van der Waals surface area contributed by atoms with E-state index in [4.69, 9.17) is 10.6 Å². The van der Waals surface area contributed by atoms with E-state index < -0.39 is 0 Å². The molecule has 0 atom stereocenters. The van der Waals surface area contributed by atoms with Crippen LogP contribution in [0.25, 0.3) is 0 Å². The van der Waals surface area contributed by atoms with Crippen LogP contribution in [0.2, 0.25) is 0 Å². The van der Waals surface area contributed by atoms with Crippen molar-refractivity contribution in [1.29, 1.82) is 0 Å². The predicted molar refractivity (Wildman–Crippen MR) is 64.0 cm³/mol. The Morgan fingerprint density at radius 1 is 1.33 bits per heavy atom. The molecule has 0 aromatic rings. The molecule has 0 saturated carbocycles. The molecule has 1 heterocycles. The Morgan fingerprint density at radius 3 is 1.93 bits per heavy atom. The molecule has 0 aromatic carbocycles. The standard InChI is InChI=1S/C6H14NO.C5H13N2/c1-7(2)3-5-8-6-4-7;1-4-5-7(2,3)6/h3-6H2,1-2H3;4H,1,5-6H2,2-3H3/q2*+1. The number of nitrogens with zero attached hydrogens (tertiary/aromatic N) is 2. The van der Waals surface area contributed by atoms with Crippen molar-refractivity contribution in [3.63, 3.8) is 0 Å². The Morgan fingerprint density at radius 2 is 1.80 bits per heavy atom. The minimum Gasteiger partial charge on any atom is -0.370 e. The van der Waals surface area contributed by atoms with E-state index in [0.29, 0.717) is 4.59 Å². The Bertz CT molecular complexity index is 177. The lowest BCUT2D eigenvalue weighted by molar-refractivity contribution is -0.898. The molecule has 1 rings (SSSR count). The summed E-state index contributed by atoms with van der Waals surface area (Å²) in [7, 11) is 8.31. The maximum atomic E-state index is 5.51. The van der Waals surface area contributed by atoms with Gasteiger partial charge < -0.3 is 9.22 Å². The third-order valence-corrected chi connectivity index (χ3v) is 2.28. The molecule has 0 aliphatic carbocycles. The van der Waals surface area contributed by atoms with Gasteiger partial charge in [0.05, 0.1) is 41.4 Å². The molecule has 0 amide bonds. The number of rotatable bonds is 2. The summed E-state index contributed by atoms with van der Waals surface area (Å²) in [6, 6.07) is 0. The molecular formula is C11H27N3O+2. The van der Waals surface area contributed by atoms with Gasteiger partial charge in [0.15, 0.2) is 0 Å². The van der Waals surface area contributed by atoms with Crippen LogP contribution in [0.5, 0.6) is 0 Å². The van der Waals surface area contributed by atoms with Gasteiger partial charge >= 0.3 is 0 Å². The van der Waals surface area contributed by atoms with Crippen LogP contribution >= 0.6 is 0 Å². The van der Waals surface area contributed by atoms with Gasteiger partial charge in [-0.1, -0.05) is 6.58 Å². The van der Waals surface area contributed by atoms with Gasteiger partial charge in [0.2, 0.25) is 0 Å². The van der Waals surface area contributed by atoms with E-state index in [1.807, 2.05) is 14.1 Å². The number of likely N-dealkylation sites (N-methyl/N-ethyl adjacent to an activating group) is 2. The normalized spacial score (nSPS) is 20.1. The third-order valence-electron chi connectivity index (χ3n) is 2.28. The first-order valence-electron chi connectivity index (χ1n) is 5.39. The van der Waals surface area contributed by atoms with Crippen molar-refractivity contribution in [3.8, 4) is 0 Å². The molecule has 1 saturated heterocycles. The number of hydrogen-bond donors (Lipinski definition) is 1. The van der Waals surface area contributed by atoms with Crippen molar-refractivity contribution in [2.24, 2.45) is 5.84 Å². The second kappa shape index (κ2) is 6.23. The van der Waals surface area contributed by atoms with Gasteiger partial charge in [-0.05, 0) is 6.08 Å². The van der Waals surface area contributed by atoms with E-state index in [-0.39, 0.29) is 0 Å². The van der Waals surface area contributed by atoms with E-state index in [0.717, 1.165) is 24.2 Å². The monoisotopic (exact) mass is 217 g/mol. The van der Waals surface area contributed by atoms with Gasteiger partial charge in [-0.15, -0.1) is 0 Å². The smallest absolute Gasteiger partial charge is 0.114 e. The number of ether oxygens (including phenoxy) is 1.